The van der Waals surface area contributed by atoms with Crippen molar-refractivity contribution < 1.29 is 14.3 Å². The zero-order valence-electron chi connectivity index (χ0n) is 19.2. The average molecular weight is 449 g/mol. The summed E-state index contributed by atoms with van der Waals surface area (Å²) in [4.78, 5) is 22.8. The molecule has 1 amide bonds. The number of fused-ring (bicyclic) bond motifs is 4. The molecule has 1 aromatic heterocycles. The normalized spacial score (nSPS) is 28.5. The van der Waals surface area contributed by atoms with Gasteiger partial charge in [0.25, 0.3) is 0 Å². The first-order chi connectivity index (χ1) is 16.2. The molecule has 2 saturated heterocycles. The Morgan fingerprint density at radius 1 is 1.09 bits per heavy atom. The van der Waals surface area contributed by atoms with Gasteiger partial charge in [0.15, 0.2) is 0 Å². The maximum Gasteiger partial charge on any atom is 0.230 e. The fraction of sp³-hybridized carbons (Fsp3) is 0.538. The molecule has 4 heterocycles. The Bertz CT molecular complexity index is 1020. The molecule has 174 valence electrons. The van der Waals surface area contributed by atoms with Crippen molar-refractivity contribution in [3.63, 3.8) is 0 Å². The van der Waals surface area contributed by atoms with Crippen LogP contribution in [0.5, 0.6) is 0 Å². The van der Waals surface area contributed by atoms with Crippen molar-refractivity contribution in [3.05, 3.63) is 42.1 Å². The second kappa shape index (κ2) is 8.61. The number of nitrogens with one attached hydrogen (secondary N) is 1. The van der Waals surface area contributed by atoms with Crippen LogP contribution in [-0.2, 0) is 20.8 Å². The smallest absolute Gasteiger partial charge is 0.230 e. The Morgan fingerprint density at radius 2 is 1.88 bits per heavy atom. The largest absolute Gasteiger partial charge is 0.381 e. The zero-order chi connectivity index (χ0) is 22.4. The number of ether oxygens (including phenoxy) is 2. The highest BCUT2D eigenvalue weighted by atomic mass is 16.5. The molecule has 2 bridgehead atoms. The molecule has 6 rings (SSSR count). The minimum atomic E-state index is 0.0327. The molecule has 2 aromatic rings. The standard InChI is InChI=1S/C26H32N4O3/c1-32-20-7-4-17(5-8-20)26(31)30-14-18-3-2-12-27-25(18)28-23-11-6-19(13-24(23)30)29-15-21-9-10-22(16-29)33-21/h2-3,6,11-13,17,20-22H,4-5,7-10,14-16H2,1H3,(H,27,28)/t17?,20?,21-,22?/m1/s1. The second-order valence-electron chi connectivity index (χ2n) is 9.83. The first-order valence-corrected chi connectivity index (χ1v) is 12.3. The second-order valence-corrected chi connectivity index (χ2v) is 9.83. The number of hydrogen-bond acceptors (Lipinski definition) is 6. The van der Waals surface area contributed by atoms with Gasteiger partial charge in [-0.1, -0.05) is 6.07 Å². The number of amides is 1. The lowest BCUT2D eigenvalue weighted by molar-refractivity contribution is -0.124. The van der Waals surface area contributed by atoms with Crippen LogP contribution >= 0.6 is 0 Å². The lowest BCUT2D eigenvalue weighted by Crippen LogP contribution is -2.43. The summed E-state index contributed by atoms with van der Waals surface area (Å²) in [6.45, 7) is 2.36. The van der Waals surface area contributed by atoms with Crippen molar-refractivity contribution in [1.82, 2.24) is 4.98 Å². The molecule has 7 heteroatoms. The number of pyridine rings is 1. The van der Waals surface area contributed by atoms with Gasteiger partial charge in [0.05, 0.1) is 36.2 Å². The van der Waals surface area contributed by atoms with Gasteiger partial charge in [0.2, 0.25) is 5.91 Å². The monoisotopic (exact) mass is 448 g/mol. The van der Waals surface area contributed by atoms with Gasteiger partial charge in [0.1, 0.15) is 5.82 Å². The van der Waals surface area contributed by atoms with Crippen LogP contribution in [0, 0.1) is 5.92 Å². The fourth-order valence-electron chi connectivity index (χ4n) is 5.90. The van der Waals surface area contributed by atoms with Gasteiger partial charge < -0.3 is 24.6 Å². The number of anilines is 4. The summed E-state index contributed by atoms with van der Waals surface area (Å²) in [6, 6.07) is 10.5. The highest BCUT2D eigenvalue weighted by molar-refractivity contribution is 6.00. The molecule has 3 fully saturated rings. The molecule has 1 saturated carbocycles. The van der Waals surface area contributed by atoms with Crippen LogP contribution < -0.4 is 15.1 Å². The molecule has 33 heavy (non-hydrogen) atoms. The number of benzene rings is 1. The first-order valence-electron chi connectivity index (χ1n) is 12.3. The summed E-state index contributed by atoms with van der Waals surface area (Å²) >= 11 is 0. The quantitative estimate of drug-likeness (QED) is 0.758. The van der Waals surface area contributed by atoms with E-state index in [1.165, 1.54) is 0 Å². The number of aromatic nitrogens is 1. The van der Waals surface area contributed by atoms with Crippen molar-refractivity contribution in [2.45, 2.75) is 63.4 Å². The third kappa shape index (κ3) is 3.97. The summed E-state index contributed by atoms with van der Waals surface area (Å²) in [5.41, 5.74) is 4.09. The van der Waals surface area contributed by atoms with E-state index in [2.05, 4.69) is 39.5 Å². The number of carbonyl (C=O) groups excluding carboxylic acids is 1. The van der Waals surface area contributed by atoms with E-state index < -0.39 is 0 Å². The Hall–Kier alpha value is -2.64. The van der Waals surface area contributed by atoms with Crippen molar-refractivity contribution in [3.8, 4) is 0 Å². The van der Waals surface area contributed by atoms with E-state index in [1.807, 2.05) is 11.0 Å². The van der Waals surface area contributed by atoms with Crippen LogP contribution in [0.4, 0.5) is 22.9 Å². The number of nitrogens with zero attached hydrogens (tertiary/aromatic N) is 3. The van der Waals surface area contributed by atoms with Crippen LogP contribution in [-0.4, -0.2) is 49.4 Å². The Morgan fingerprint density at radius 3 is 2.64 bits per heavy atom. The molecular weight excluding hydrogens is 416 g/mol. The van der Waals surface area contributed by atoms with E-state index in [1.54, 1.807) is 13.3 Å². The summed E-state index contributed by atoms with van der Waals surface area (Å²) in [5.74, 6) is 1.07. The molecule has 1 unspecified atom stereocenters. The number of morpholine rings is 1. The number of carbonyl (C=O) groups is 1. The van der Waals surface area contributed by atoms with Crippen LogP contribution in [0.2, 0.25) is 0 Å². The third-order valence-electron chi connectivity index (χ3n) is 7.78. The maximum absolute atomic E-state index is 13.9. The summed E-state index contributed by atoms with van der Waals surface area (Å²) in [5, 5.41) is 3.50. The predicted molar refractivity (Wildman–Crippen MR) is 128 cm³/mol. The van der Waals surface area contributed by atoms with Gasteiger partial charge in [-0.2, -0.15) is 0 Å². The van der Waals surface area contributed by atoms with Crippen molar-refractivity contribution in [1.29, 1.82) is 0 Å². The van der Waals surface area contributed by atoms with Gasteiger partial charge in [-0.25, -0.2) is 4.98 Å². The highest BCUT2D eigenvalue weighted by Gasteiger charge is 2.36. The molecule has 0 radical (unpaired) electrons. The van der Waals surface area contributed by atoms with Gasteiger partial charge in [-0.05, 0) is 62.8 Å². The van der Waals surface area contributed by atoms with Gasteiger partial charge in [-0.15, -0.1) is 0 Å². The van der Waals surface area contributed by atoms with Crippen molar-refractivity contribution >= 4 is 28.8 Å². The third-order valence-corrected chi connectivity index (χ3v) is 7.78. The van der Waals surface area contributed by atoms with E-state index in [0.29, 0.717) is 18.8 Å². The van der Waals surface area contributed by atoms with Gasteiger partial charge in [-0.3, -0.25) is 4.79 Å². The average Bonchev–Trinajstić information content (AvgIpc) is 3.10. The van der Waals surface area contributed by atoms with Crippen molar-refractivity contribution in [2.24, 2.45) is 5.92 Å². The molecule has 7 nitrogen and oxygen atoms in total. The van der Waals surface area contributed by atoms with E-state index >= 15 is 0 Å². The number of rotatable bonds is 3. The minimum absolute atomic E-state index is 0.0327. The summed E-state index contributed by atoms with van der Waals surface area (Å²) in [7, 11) is 1.77. The maximum atomic E-state index is 13.9. The molecule has 0 spiro atoms. The lowest BCUT2D eigenvalue weighted by atomic mass is 9.86. The molecule has 1 aliphatic carbocycles. The van der Waals surface area contributed by atoms with Crippen molar-refractivity contribution in [2.75, 3.05) is 35.3 Å². The van der Waals surface area contributed by atoms with E-state index in [-0.39, 0.29) is 17.9 Å². The van der Waals surface area contributed by atoms with E-state index in [4.69, 9.17) is 9.47 Å². The lowest BCUT2D eigenvalue weighted by Gasteiger charge is -2.35. The summed E-state index contributed by atoms with van der Waals surface area (Å²) < 4.78 is 11.6. The Balaban J connectivity index is 1.34. The molecule has 4 aliphatic rings. The van der Waals surface area contributed by atoms with Crippen LogP contribution in [0.1, 0.15) is 44.1 Å². The molecular formula is C26H32N4O3. The Labute approximate surface area is 195 Å². The van der Waals surface area contributed by atoms with Gasteiger partial charge >= 0.3 is 0 Å². The van der Waals surface area contributed by atoms with E-state index in [9.17, 15) is 4.79 Å². The van der Waals surface area contributed by atoms with Crippen LogP contribution in [0.3, 0.4) is 0 Å². The topological polar surface area (TPSA) is 66.9 Å². The van der Waals surface area contributed by atoms with Crippen LogP contribution in [0.15, 0.2) is 36.5 Å². The van der Waals surface area contributed by atoms with Crippen LogP contribution in [0.25, 0.3) is 0 Å². The fourth-order valence-corrected chi connectivity index (χ4v) is 5.90. The molecule has 1 aromatic carbocycles. The summed E-state index contributed by atoms with van der Waals surface area (Å²) in [6.07, 6.45) is 8.65. The molecule has 2 atom stereocenters. The highest BCUT2D eigenvalue weighted by Crippen LogP contribution is 2.40. The first kappa shape index (κ1) is 20.9. The molecule has 3 aliphatic heterocycles. The molecule has 1 N–H and O–H groups in total. The minimum Gasteiger partial charge on any atom is -0.381 e. The zero-order valence-corrected chi connectivity index (χ0v) is 19.2. The number of methoxy groups -OCH3 is 1. The predicted octanol–water partition coefficient (Wildman–Crippen LogP) is 4.24. The van der Waals surface area contributed by atoms with Gasteiger partial charge in [0, 0.05) is 43.6 Å². The Kier molecular flexibility index (Phi) is 5.46. The van der Waals surface area contributed by atoms with E-state index in [0.717, 1.165) is 80.1 Å². The number of hydrogen-bond donors (Lipinski definition) is 1. The SMILES string of the molecule is COC1CCC(C(=O)N2Cc3cccnc3Nc3ccc(N4CC5CC[C@H](C4)O5)cc32)CC1.